The predicted molar refractivity (Wildman–Crippen MR) is 92.5 cm³/mol. The summed E-state index contributed by atoms with van der Waals surface area (Å²) in [5, 5.41) is 5.24. The van der Waals surface area contributed by atoms with Crippen LogP contribution in [0.5, 0.6) is 0 Å². The van der Waals surface area contributed by atoms with Crippen molar-refractivity contribution >= 4 is 23.5 Å². The molecule has 2 aromatic rings. The minimum absolute atomic E-state index is 0.134. The number of amides is 2. The van der Waals surface area contributed by atoms with Gasteiger partial charge in [-0.2, -0.15) is 0 Å². The zero-order valence-corrected chi connectivity index (χ0v) is 13.6. The van der Waals surface area contributed by atoms with Gasteiger partial charge in [0.2, 0.25) is 5.91 Å². The van der Waals surface area contributed by atoms with Crippen LogP contribution in [0.25, 0.3) is 0 Å². The second-order valence-electron chi connectivity index (χ2n) is 5.46. The Morgan fingerprint density at radius 3 is 2.64 bits per heavy atom. The quantitative estimate of drug-likeness (QED) is 0.830. The third-order valence-corrected chi connectivity index (χ3v) is 3.70. The first-order valence-corrected chi connectivity index (χ1v) is 8.00. The Hall–Kier alpha value is -3.00. The highest BCUT2D eigenvalue weighted by Gasteiger charge is 2.14. The Bertz CT molecular complexity index is 732. The number of carbonyl (C=O) groups is 2. The first kappa shape index (κ1) is 16.8. The summed E-state index contributed by atoms with van der Waals surface area (Å²) in [5.41, 5.74) is 0.506. The number of aromatic nitrogens is 2. The molecule has 25 heavy (non-hydrogen) atoms. The molecule has 0 unspecified atom stereocenters. The van der Waals surface area contributed by atoms with Gasteiger partial charge in [0.1, 0.15) is 18.0 Å². The van der Waals surface area contributed by atoms with Crippen LogP contribution in [-0.4, -0.2) is 54.6 Å². The highest BCUT2D eigenvalue weighted by atomic mass is 16.5. The minimum atomic E-state index is -0.351. The lowest BCUT2D eigenvalue weighted by Gasteiger charge is -2.27. The second-order valence-corrected chi connectivity index (χ2v) is 5.46. The Kier molecular flexibility index (Phi) is 5.53. The van der Waals surface area contributed by atoms with Gasteiger partial charge in [-0.1, -0.05) is 18.2 Å². The van der Waals surface area contributed by atoms with Crippen molar-refractivity contribution in [1.82, 2.24) is 15.3 Å². The smallest absolute Gasteiger partial charge is 0.251 e. The second kappa shape index (κ2) is 8.20. The van der Waals surface area contributed by atoms with Crippen molar-refractivity contribution < 1.29 is 14.3 Å². The molecule has 0 bridgehead atoms. The topological polar surface area (TPSA) is 96.5 Å². The van der Waals surface area contributed by atoms with Crippen molar-refractivity contribution in [1.29, 1.82) is 0 Å². The van der Waals surface area contributed by atoms with E-state index in [1.165, 1.54) is 6.33 Å². The third-order valence-electron chi connectivity index (χ3n) is 3.70. The Morgan fingerprint density at radius 2 is 1.88 bits per heavy atom. The predicted octanol–water partition coefficient (Wildman–Crippen LogP) is 0.682. The van der Waals surface area contributed by atoms with E-state index in [0.717, 1.165) is 18.9 Å². The van der Waals surface area contributed by atoms with Gasteiger partial charge in [0.05, 0.1) is 19.8 Å². The van der Waals surface area contributed by atoms with Crippen molar-refractivity contribution in [3.8, 4) is 0 Å². The van der Waals surface area contributed by atoms with Gasteiger partial charge in [0, 0.05) is 24.7 Å². The lowest BCUT2D eigenvalue weighted by molar-refractivity contribution is -0.115. The van der Waals surface area contributed by atoms with E-state index in [1.54, 1.807) is 30.3 Å². The highest BCUT2D eigenvalue weighted by molar-refractivity contribution is 5.99. The maximum Gasteiger partial charge on any atom is 0.251 e. The molecule has 0 aliphatic carbocycles. The number of carbonyl (C=O) groups excluding carboxylic acids is 2. The summed E-state index contributed by atoms with van der Waals surface area (Å²) >= 11 is 0. The molecule has 2 N–H and O–H groups in total. The normalized spacial score (nSPS) is 14.0. The molecule has 0 saturated carbocycles. The molecule has 1 fully saturated rings. The van der Waals surface area contributed by atoms with Crippen molar-refractivity contribution in [2.45, 2.75) is 0 Å². The van der Waals surface area contributed by atoms with Gasteiger partial charge in [0.25, 0.3) is 5.91 Å². The summed E-state index contributed by atoms with van der Waals surface area (Å²) in [6, 6.07) is 10.4. The summed E-state index contributed by atoms with van der Waals surface area (Å²) in [7, 11) is 0. The molecule has 130 valence electrons. The molecule has 0 spiro atoms. The standard InChI is InChI=1S/C17H19N5O3/c23-16(11-18-17(24)13-4-2-1-3-5-13)21-14-10-15(20-12-19-14)22-6-8-25-9-7-22/h1-5,10,12H,6-9,11H2,(H,18,24)(H,19,20,21,23). The SMILES string of the molecule is O=C(CNC(=O)c1ccccc1)Nc1cc(N2CCOCC2)ncn1. The van der Waals surface area contributed by atoms with Crippen molar-refractivity contribution in [2.75, 3.05) is 43.1 Å². The van der Waals surface area contributed by atoms with Gasteiger partial charge in [-0.15, -0.1) is 0 Å². The number of morpholine rings is 1. The number of rotatable bonds is 5. The fourth-order valence-corrected chi connectivity index (χ4v) is 2.42. The van der Waals surface area contributed by atoms with Crippen LogP contribution in [-0.2, 0) is 9.53 Å². The van der Waals surface area contributed by atoms with Crippen LogP contribution in [0.3, 0.4) is 0 Å². The molecule has 2 amide bonds. The van der Waals surface area contributed by atoms with Gasteiger partial charge < -0.3 is 20.3 Å². The largest absolute Gasteiger partial charge is 0.378 e. The summed E-state index contributed by atoms with van der Waals surface area (Å²) in [6.45, 7) is 2.66. The number of hydrogen-bond donors (Lipinski definition) is 2. The van der Waals surface area contributed by atoms with Gasteiger partial charge in [-0.3, -0.25) is 9.59 Å². The molecule has 0 radical (unpaired) electrons. The van der Waals surface area contributed by atoms with E-state index in [0.29, 0.717) is 24.6 Å². The lowest BCUT2D eigenvalue weighted by atomic mass is 10.2. The fraction of sp³-hybridized carbons (Fsp3) is 0.294. The minimum Gasteiger partial charge on any atom is -0.378 e. The molecule has 1 aromatic carbocycles. The molecule has 8 heteroatoms. The molecular weight excluding hydrogens is 322 g/mol. The third kappa shape index (κ3) is 4.74. The van der Waals surface area contributed by atoms with Gasteiger partial charge in [0.15, 0.2) is 0 Å². The Balaban J connectivity index is 1.53. The van der Waals surface area contributed by atoms with Crippen LogP contribution in [0.4, 0.5) is 11.6 Å². The van der Waals surface area contributed by atoms with Gasteiger partial charge in [-0.25, -0.2) is 9.97 Å². The number of benzene rings is 1. The van der Waals surface area contributed by atoms with E-state index in [1.807, 2.05) is 6.07 Å². The molecule has 8 nitrogen and oxygen atoms in total. The summed E-state index contributed by atoms with van der Waals surface area (Å²) in [4.78, 5) is 34.3. The number of ether oxygens (including phenoxy) is 1. The van der Waals surface area contributed by atoms with E-state index in [9.17, 15) is 9.59 Å². The average Bonchev–Trinajstić information content (AvgIpc) is 2.68. The Morgan fingerprint density at radius 1 is 1.12 bits per heavy atom. The number of hydrogen-bond acceptors (Lipinski definition) is 6. The number of nitrogens with one attached hydrogen (secondary N) is 2. The van der Waals surface area contributed by atoms with Crippen molar-refractivity contribution in [2.24, 2.45) is 0 Å². The van der Waals surface area contributed by atoms with E-state index < -0.39 is 0 Å². The zero-order chi connectivity index (χ0) is 17.5. The van der Waals surface area contributed by atoms with Crippen LogP contribution in [0, 0.1) is 0 Å². The molecule has 3 rings (SSSR count). The Labute approximate surface area is 145 Å². The molecular formula is C17H19N5O3. The lowest BCUT2D eigenvalue weighted by Crippen LogP contribution is -2.37. The molecule has 1 aliphatic heterocycles. The summed E-state index contributed by atoms with van der Waals surface area (Å²) in [5.74, 6) is 0.487. The van der Waals surface area contributed by atoms with Crippen LogP contribution in [0.2, 0.25) is 0 Å². The molecule has 1 saturated heterocycles. The monoisotopic (exact) mass is 341 g/mol. The van der Waals surface area contributed by atoms with Gasteiger partial charge >= 0.3 is 0 Å². The van der Waals surface area contributed by atoms with Crippen LogP contribution in [0.15, 0.2) is 42.7 Å². The van der Waals surface area contributed by atoms with Crippen molar-refractivity contribution in [3.05, 3.63) is 48.3 Å². The molecule has 0 atom stereocenters. The van der Waals surface area contributed by atoms with Crippen molar-refractivity contribution in [3.63, 3.8) is 0 Å². The highest BCUT2D eigenvalue weighted by Crippen LogP contribution is 2.15. The van der Waals surface area contributed by atoms with E-state index in [-0.39, 0.29) is 18.4 Å². The van der Waals surface area contributed by atoms with Crippen LogP contribution >= 0.6 is 0 Å². The van der Waals surface area contributed by atoms with Gasteiger partial charge in [-0.05, 0) is 12.1 Å². The summed E-state index contributed by atoms with van der Waals surface area (Å²) < 4.78 is 5.31. The number of anilines is 2. The molecule has 1 aliphatic rings. The fourth-order valence-electron chi connectivity index (χ4n) is 2.42. The van der Waals surface area contributed by atoms with E-state index in [2.05, 4.69) is 25.5 Å². The van der Waals surface area contributed by atoms with E-state index in [4.69, 9.17) is 4.74 Å². The molecule has 1 aromatic heterocycles. The van der Waals surface area contributed by atoms with Crippen LogP contribution < -0.4 is 15.5 Å². The number of nitrogens with zero attached hydrogens (tertiary/aromatic N) is 3. The van der Waals surface area contributed by atoms with Crippen LogP contribution in [0.1, 0.15) is 10.4 Å². The molecule has 2 heterocycles. The average molecular weight is 341 g/mol. The summed E-state index contributed by atoms with van der Waals surface area (Å²) in [6.07, 6.45) is 1.41. The first-order valence-electron chi connectivity index (χ1n) is 8.00. The first-order chi connectivity index (χ1) is 12.2. The van der Waals surface area contributed by atoms with E-state index >= 15 is 0 Å². The maximum atomic E-state index is 12.0. The zero-order valence-electron chi connectivity index (χ0n) is 13.6. The maximum absolute atomic E-state index is 12.0.